The minimum Gasteiger partial charge on any atom is -0.481 e. The van der Waals surface area contributed by atoms with Crippen LogP contribution >= 0.6 is 11.9 Å². The van der Waals surface area contributed by atoms with E-state index in [-0.39, 0.29) is 17.4 Å². The Morgan fingerprint density at radius 1 is 1.04 bits per heavy atom. The molecule has 1 aliphatic heterocycles. The Labute approximate surface area is 136 Å². The summed E-state index contributed by atoms with van der Waals surface area (Å²) in [4.78, 5) is 25.1. The monoisotopic (exact) mass is 327 g/mol. The molecule has 2 N–H and O–H groups in total. The van der Waals surface area contributed by atoms with Crippen molar-refractivity contribution >= 4 is 34.5 Å². The number of allylic oxidation sites excluding steroid dienone is 2. The molecular weight excluding hydrogens is 314 g/mol. The van der Waals surface area contributed by atoms with Crippen molar-refractivity contribution in [1.82, 2.24) is 4.31 Å². The Morgan fingerprint density at radius 3 is 2.13 bits per heavy atom. The molecule has 6 heteroatoms. The molecule has 0 bridgehead atoms. The fourth-order valence-corrected chi connectivity index (χ4v) is 3.15. The normalized spacial score (nSPS) is 13.9. The molecule has 2 amide bonds. The molecule has 0 aliphatic carbocycles. The van der Waals surface area contributed by atoms with Gasteiger partial charge in [-0.1, -0.05) is 24.3 Å². The zero-order valence-electron chi connectivity index (χ0n) is 12.2. The van der Waals surface area contributed by atoms with Crippen LogP contribution in [-0.4, -0.2) is 26.3 Å². The zero-order valence-corrected chi connectivity index (χ0v) is 13.0. The molecule has 0 radical (unpaired) electrons. The maximum Gasteiger partial charge on any atom is 0.277 e. The third-order valence-corrected chi connectivity index (χ3v) is 4.37. The Morgan fingerprint density at radius 2 is 1.61 bits per heavy atom. The molecule has 0 saturated carbocycles. The molecule has 2 aromatic carbocycles. The number of rotatable bonds is 3. The average molecular weight is 327 g/mol. The van der Waals surface area contributed by atoms with Crippen LogP contribution in [0.2, 0.25) is 0 Å². The lowest BCUT2D eigenvalue weighted by atomic mass is 9.95. The lowest BCUT2D eigenvalue weighted by molar-refractivity contribution is 0.0739. The Kier molecular flexibility index (Phi) is 3.83. The molecular formula is C17H13NO4S. The van der Waals surface area contributed by atoms with Gasteiger partial charge in [-0.2, -0.15) is 0 Å². The van der Waals surface area contributed by atoms with Crippen molar-refractivity contribution in [2.75, 3.05) is 0 Å². The van der Waals surface area contributed by atoms with Crippen molar-refractivity contribution in [2.45, 2.75) is 6.92 Å². The highest BCUT2D eigenvalue weighted by atomic mass is 32.2. The van der Waals surface area contributed by atoms with E-state index in [4.69, 9.17) is 10.2 Å². The molecule has 2 aromatic rings. The molecule has 0 saturated heterocycles. The van der Waals surface area contributed by atoms with Crippen molar-refractivity contribution in [1.29, 1.82) is 0 Å². The average Bonchev–Trinajstić information content (AvgIpc) is 2.55. The summed E-state index contributed by atoms with van der Waals surface area (Å²) in [5.41, 5.74) is 1.20. The SMILES string of the molecule is CC(/C=C/SN1C(=O)c2cccc3cccc(c23)C1=O)=C(O)O. The quantitative estimate of drug-likeness (QED) is 0.386. The molecule has 0 atom stereocenters. The molecule has 3 rings (SSSR count). The van der Waals surface area contributed by atoms with E-state index in [9.17, 15) is 9.59 Å². The molecule has 116 valence electrons. The van der Waals surface area contributed by atoms with Crippen LogP contribution in [0, 0.1) is 0 Å². The summed E-state index contributed by atoms with van der Waals surface area (Å²) in [6.07, 6.45) is 1.42. The van der Waals surface area contributed by atoms with E-state index in [1.165, 1.54) is 18.4 Å². The van der Waals surface area contributed by atoms with Crippen LogP contribution in [0.5, 0.6) is 0 Å². The van der Waals surface area contributed by atoms with Crippen molar-refractivity contribution in [2.24, 2.45) is 0 Å². The van der Waals surface area contributed by atoms with E-state index in [0.717, 1.165) is 21.6 Å². The van der Waals surface area contributed by atoms with E-state index in [0.29, 0.717) is 16.5 Å². The van der Waals surface area contributed by atoms with Gasteiger partial charge in [-0.15, -0.1) is 0 Å². The number of carbonyl (C=O) groups excluding carboxylic acids is 2. The predicted molar refractivity (Wildman–Crippen MR) is 89.1 cm³/mol. The standard InChI is InChI=1S/C17H13NO4S/c1-10(17(21)22)8-9-23-18-15(19)12-6-2-4-11-5-3-7-13(14(11)12)16(18)20/h2-9,21-22H,1H3/b9-8+. The largest absolute Gasteiger partial charge is 0.481 e. The Bertz CT molecular complexity index is 831. The van der Waals surface area contributed by atoms with Crippen LogP contribution in [0.3, 0.4) is 0 Å². The van der Waals surface area contributed by atoms with Gasteiger partial charge in [0.25, 0.3) is 17.8 Å². The first-order chi connectivity index (χ1) is 11.0. The third-order valence-electron chi connectivity index (χ3n) is 3.57. The number of hydrogen-bond donors (Lipinski definition) is 2. The van der Waals surface area contributed by atoms with E-state index < -0.39 is 5.95 Å². The summed E-state index contributed by atoms with van der Waals surface area (Å²) in [7, 11) is 0. The molecule has 0 aromatic heterocycles. The second-order valence-electron chi connectivity index (χ2n) is 5.03. The third kappa shape index (κ3) is 2.57. The summed E-state index contributed by atoms with van der Waals surface area (Å²) in [5.74, 6) is -1.57. The van der Waals surface area contributed by atoms with Crippen molar-refractivity contribution in [3.05, 3.63) is 70.5 Å². The highest BCUT2D eigenvalue weighted by Gasteiger charge is 2.32. The molecule has 5 nitrogen and oxygen atoms in total. The van der Waals surface area contributed by atoms with Gasteiger partial charge in [-0.3, -0.25) is 9.59 Å². The van der Waals surface area contributed by atoms with Crippen molar-refractivity contribution < 1.29 is 19.8 Å². The fourth-order valence-electron chi connectivity index (χ4n) is 2.37. The summed E-state index contributed by atoms with van der Waals surface area (Å²) < 4.78 is 1.06. The number of imide groups is 1. The molecule has 1 heterocycles. The number of amides is 2. The van der Waals surface area contributed by atoms with Crippen LogP contribution < -0.4 is 0 Å². The minimum absolute atomic E-state index is 0.233. The summed E-state index contributed by atoms with van der Waals surface area (Å²) in [5, 5.41) is 20.8. The molecule has 23 heavy (non-hydrogen) atoms. The first-order valence-corrected chi connectivity index (χ1v) is 7.67. The molecule has 0 spiro atoms. The van der Waals surface area contributed by atoms with E-state index in [2.05, 4.69) is 0 Å². The van der Waals surface area contributed by atoms with Crippen LogP contribution in [0.15, 0.2) is 59.4 Å². The molecule has 0 fully saturated rings. The minimum atomic E-state index is -0.798. The maximum absolute atomic E-state index is 12.6. The zero-order chi connectivity index (χ0) is 16.6. The summed E-state index contributed by atoms with van der Waals surface area (Å²) in [6, 6.07) is 10.7. The van der Waals surface area contributed by atoms with E-state index in [1.54, 1.807) is 24.3 Å². The smallest absolute Gasteiger partial charge is 0.277 e. The van der Waals surface area contributed by atoms with Gasteiger partial charge >= 0.3 is 0 Å². The van der Waals surface area contributed by atoms with E-state index in [1.807, 2.05) is 12.1 Å². The fraction of sp³-hybridized carbons (Fsp3) is 0.0588. The van der Waals surface area contributed by atoms with Gasteiger partial charge in [0, 0.05) is 22.1 Å². The predicted octanol–water partition coefficient (Wildman–Crippen LogP) is 3.95. The Balaban J connectivity index is 1.99. The first kappa shape index (κ1) is 15.2. The van der Waals surface area contributed by atoms with Gasteiger partial charge in [0.15, 0.2) is 0 Å². The number of carbonyl (C=O) groups is 2. The van der Waals surface area contributed by atoms with E-state index >= 15 is 0 Å². The maximum atomic E-state index is 12.6. The summed E-state index contributed by atoms with van der Waals surface area (Å²) >= 11 is 0.904. The van der Waals surface area contributed by atoms with Gasteiger partial charge < -0.3 is 10.2 Å². The second kappa shape index (κ2) is 5.81. The van der Waals surface area contributed by atoms with Crippen LogP contribution in [-0.2, 0) is 0 Å². The van der Waals surface area contributed by atoms with Crippen molar-refractivity contribution in [3.8, 4) is 0 Å². The van der Waals surface area contributed by atoms with Crippen LogP contribution in [0.25, 0.3) is 10.8 Å². The number of aliphatic hydroxyl groups excluding tert-OH is 1. The number of aliphatic hydroxyl groups is 2. The number of benzene rings is 2. The highest BCUT2D eigenvalue weighted by Crippen LogP contribution is 2.33. The highest BCUT2D eigenvalue weighted by molar-refractivity contribution is 8.00. The van der Waals surface area contributed by atoms with Crippen molar-refractivity contribution in [3.63, 3.8) is 0 Å². The first-order valence-electron chi connectivity index (χ1n) is 6.83. The topological polar surface area (TPSA) is 77.8 Å². The summed E-state index contributed by atoms with van der Waals surface area (Å²) in [6.45, 7) is 1.50. The van der Waals surface area contributed by atoms with Crippen LogP contribution in [0.1, 0.15) is 27.6 Å². The lowest BCUT2D eigenvalue weighted by Crippen LogP contribution is -2.34. The van der Waals surface area contributed by atoms with Gasteiger partial charge in [0.1, 0.15) is 0 Å². The number of hydrogen-bond acceptors (Lipinski definition) is 5. The van der Waals surface area contributed by atoms with Gasteiger partial charge in [-0.25, -0.2) is 4.31 Å². The Hall–Kier alpha value is -2.73. The van der Waals surface area contributed by atoms with Crippen LogP contribution in [0.4, 0.5) is 0 Å². The van der Waals surface area contributed by atoms with Gasteiger partial charge in [0.05, 0.1) is 0 Å². The lowest BCUT2D eigenvalue weighted by Gasteiger charge is -2.24. The second-order valence-corrected chi connectivity index (χ2v) is 5.88. The van der Waals surface area contributed by atoms with Gasteiger partial charge in [0.2, 0.25) is 0 Å². The molecule has 0 unspecified atom stereocenters. The van der Waals surface area contributed by atoms with Gasteiger partial charge in [-0.05, 0) is 47.9 Å². The molecule has 1 aliphatic rings. The number of nitrogens with zero attached hydrogens (tertiary/aromatic N) is 1.